The van der Waals surface area contributed by atoms with Gasteiger partial charge in [0.15, 0.2) is 12.7 Å². The molecule has 1 heterocycles. The van der Waals surface area contributed by atoms with Crippen molar-refractivity contribution >= 4 is 23.6 Å². The van der Waals surface area contributed by atoms with Crippen LogP contribution in [0.25, 0.3) is 0 Å². The van der Waals surface area contributed by atoms with Crippen LogP contribution in [-0.2, 0) is 27.2 Å². The van der Waals surface area contributed by atoms with Crippen molar-refractivity contribution in [3.8, 4) is 5.75 Å². The predicted octanol–water partition coefficient (Wildman–Crippen LogP) is 4.91. The van der Waals surface area contributed by atoms with Gasteiger partial charge in [-0.05, 0) is 67.5 Å². The maximum Gasteiger partial charge on any atom is 0.415 e. The van der Waals surface area contributed by atoms with Crippen molar-refractivity contribution in [2.24, 2.45) is 0 Å². The molecular formula is C38H41N3O6. The van der Waals surface area contributed by atoms with E-state index in [1.807, 2.05) is 111 Å². The van der Waals surface area contributed by atoms with Crippen LogP contribution in [0.2, 0.25) is 0 Å². The Hall–Kier alpha value is -5.15. The molecule has 4 aromatic carbocycles. The zero-order valence-corrected chi connectivity index (χ0v) is 26.7. The number of cyclic esters (lactones) is 1. The van der Waals surface area contributed by atoms with Crippen LogP contribution in [0, 0.1) is 13.8 Å². The highest BCUT2D eigenvalue weighted by molar-refractivity contribution is 5.95. The van der Waals surface area contributed by atoms with Crippen LogP contribution in [0.3, 0.4) is 0 Å². The lowest BCUT2D eigenvalue weighted by Gasteiger charge is -2.29. The number of amides is 3. The number of aliphatic hydroxyl groups is 1. The quantitative estimate of drug-likeness (QED) is 0.181. The van der Waals surface area contributed by atoms with E-state index in [1.54, 1.807) is 12.1 Å². The summed E-state index contributed by atoms with van der Waals surface area (Å²) in [5.74, 6) is -0.155. The molecule has 1 fully saturated rings. The largest absolute Gasteiger partial charge is 0.483 e. The Morgan fingerprint density at radius 3 is 2.02 bits per heavy atom. The van der Waals surface area contributed by atoms with Crippen LogP contribution in [0.1, 0.15) is 28.7 Å². The number of nitrogens with zero attached hydrogens (tertiary/aromatic N) is 1. The van der Waals surface area contributed by atoms with Gasteiger partial charge in [-0.3, -0.25) is 14.5 Å². The number of benzene rings is 4. The van der Waals surface area contributed by atoms with Gasteiger partial charge in [-0.25, -0.2) is 4.79 Å². The van der Waals surface area contributed by atoms with E-state index in [-0.39, 0.29) is 25.5 Å². The van der Waals surface area contributed by atoms with Gasteiger partial charge in [0.05, 0.1) is 18.7 Å². The molecule has 0 saturated carbocycles. The highest BCUT2D eigenvalue weighted by atomic mass is 16.6. The molecule has 0 unspecified atom stereocenters. The summed E-state index contributed by atoms with van der Waals surface area (Å²) in [6.45, 7) is 3.71. The summed E-state index contributed by atoms with van der Waals surface area (Å²) in [6.07, 6.45) is -1.70. The average molecular weight is 636 g/mol. The van der Waals surface area contributed by atoms with E-state index in [1.165, 1.54) is 4.90 Å². The fraction of sp³-hybridized carbons (Fsp3) is 0.289. The highest BCUT2D eigenvalue weighted by Gasteiger charge is 2.38. The molecule has 9 heteroatoms. The zero-order valence-electron chi connectivity index (χ0n) is 26.7. The number of para-hydroxylation sites is 2. The van der Waals surface area contributed by atoms with Gasteiger partial charge in [-0.2, -0.15) is 0 Å². The van der Waals surface area contributed by atoms with Crippen molar-refractivity contribution in [1.29, 1.82) is 0 Å². The predicted molar refractivity (Wildman–Crippen MR) is 180 cm³/mol. The van der Waals surface area contributed by atoms with Crippen LogP contribution in [0.15, 0.2) is 109 Å². The minimum atomic E-state index is -1.03. The number of carbonyl (C=O) groups is 3. The number of aryl methyl sites for hydroxylation is 2. The molecule has 0 bridgehead atoms. The number of hydrogen-bond donors (Lipinski definition) is 3. The third-order valence-corrected chi connectivity index (χ3v) is 8.24. The highest BCUT2D eigenvalue weighted by Crippen LogP contribution is 2.23. The second-order valence-electron chi connectivity index (χ2n) is 11.9. The molecule has 3 N–H and O–H groups in total. The molecule has 3 amide bonds. The van der Waals surface area contributed by atoms with E-state index in [2.05, 4.69) is 10.6 Å². The Morgan fingerprint density at radius 1 is 0.830 bits per heavy atom. The smallest absolute Gasteiger partial charge is 0.415 e. The van der Waals surface area contributed by atoms with E-state index in [0.29, 0.717) is 24.3 Å². The average Bonchev–Trinajstić information content (AvgIpc) is 3.47. The van der Waals surface area contributed by atoms with Crippen LogP contribution >= 0.6 is 0 Å². The third kappa shape index (κ3) is 9.20. The molecule has 0 aliphatic carbocycles. The molecule has 1 saturated heterocycles. The Kier molecular flexibility index (Phi) is 11.2. The number of anilines is 1. The summed E-state index contributed by atoms with van der Waals surface area (Å²) in [5.41, 5.74) is 4.40. The number of aliphatic hydroxyl groups excluding tert-OH is 1. The molecule has 9 nitrogen and oxygen atoms in total. The summed E-state index contributed by atoms with van der Waals surface area (Å²) in [7, 11) is 0. The first kappa shape index (κ1) is 33.2. The third-order valence-electron chi connectivity index (χ3n) is 8.24. The van der Waals surface area contributed by atoms with Gasteiger partial charge >= 0.3 is 6.09 Å². The molecule has 1 aliphatic heterocycles. The Morgan fingerprint density at radius 2 is 1.40 bits per heavy atom. The van der Waals surface area contributed by atoms with Crippen LogP contribution < -0.4 is 20.3 Å². The lowest BCUT2D eigenvalue weighted by molar-refractivity contribution is -0.129. The topological polar surface area (TPSA) is 117 Å². The molecule has 47 heavy (non-hydrogen) atoms. The van der Waals surface area contributed by atoms with Crippen LogP contribution in [-0.4, -0.2) is 60.5 Å². The monoisotopic (exact) mass is 635 g/mol. The molecule has 4 aromatic rings. The van der Waals surface area contributed by atoms with Gasteiger partial charge in [0.1, 0.15) is 5.75 Å². The molecule has 5 rings (SSSR count). The number of hydrogen-bond acceptors (Lipinski definition) is 6. The molecular weight excluding hydrogens is 594 g/mol. The van der Waals surface area contributed by atoms with Crippen molar-refractivity contribution in [2.45, 2.75) is 57.4 Å². The van der Waals surface area contributed by atoms with Crippen LogP contribution in [0.5, 0.6) is 5.75 Å². The van der Waals surface area contributed by atoms with Gasteiger partial charge in [0, 0.05) is 11.7 Å². The maximum atomic E-state index is 13.5. The molecule has 0 spiro atoms. The first-order valence-corrected chi connectivity index (χ1v) is 15.8. The summed E-state index contributed by atoms with van der Waals surface area (Å²) < 4.78 is 11.3. The van der Waals surface area contributed by atoms with Gasteiger partial charge < -0.3 is 25.2 Å². The Balaban J connectivity index is 1.29. The summed E-state index contributed by atoms with van der Waals surface area (Å²) in [4.78, 5) is 40.7. The first-order chi connectivity index (χ1) is 22.8. The van der Waals surface area contributed by atoms with Gasteiger partial charge in [-0.15, -0.1) is 0 Å². The number of nitrogens with one attached hydrogen (secondary N) is 2. The molecule has 1 aliphatic rings. The van der Waals surface area contributed by atoms with E-state index < -0.39 is 36.3 Å². The van der Waals surface area contributed by atoms with Crippen molar-refractivity contribution in [2.75, 3.05) is 18.1 Å². The minimum absolute atomic E-state index is 0.0718. The summed E-state index contributed by atoms with van der Waals surface area (Å²) >= 11 is 0. The molecule has 244 valence electrons. The van der Waals surface area contributed by atoms with Gasteiger partial charge in [-0.1, -0.05) is 97.1 Å². The van der Waals surface area contributed by atoms with E-state index >= 15 is 0 Å². The molecule has 4 atom stereocenters. The number of carbonyl (C=O) groups excluding carboxylic acids is 3. The van der Waals surface area contributed by atoms with Crippen LogP contribution in [0.4, 0.5) is 10.5 Å². The lowest BCUT2D eigenvalue weighted by atomic mass is 9.93. The lowest BCUT2D eigenvalue weighted by Crippen LogP contribution is -2.51. The first-order valence-electron chi connectivity index (χ1n) is 15.8. The fourth-order valence-electron chi connectivity index (χ4n) is 5.82. The van der Waals surface area contributed by atoms with Crippen molar-refractivity contribution in [3.05, 3.63) is 131 Å². The fourth-order valence-corrected chi connectivity index (χ4v) is 5.82. The standard InChI is InChI=1S/C38H41N3O6/c1-26-13-12-14-27(2)36(26)46-25-35(43)40-32(22-29-17-8-4-9-18-29)33(42)23-30(21-28-15-6-3-7-16-28)39-37(44)34-24-41(38(45)47-34)31-19-10-5-11-20-31/h3-20,30,32-34,42H,21-25H2,1-2H3,(H,39,44)(H,40,43)/t30-,32-,33-,34-/m0/s1. The SMILES string of the molecule is Cc1cccc(C)c1OCC(=O)N[C@@H](Cc1ccccc1)[C@@H](O)C[C@H](Cc1ccccc1)NC(=O)[C@@H]1CN(c2ccccc2)C(=O)O1. The molecule has 0 aromatic heterocycles. The summed E-state index contributed by atoms with van der Waals surface area (Å²) in [6, 6.07) is 32.9. The normalized spacial score (nSPS) is 16.1. The van der Waals surface area contributed by atoms with Gasteiger partial charge in [0.25, 0.3) is 11.8 Å². The van der Waals surface area contributed by atoms with Crippen molar-refractivity contribution < 1.29 is 29.0 Å². The van der Waals surface area contributed by atoms with E-state index in [9.17, 15) is 19.5 Å². The van der Waals surface area contributed by atoms with E-state index in [0.717, 1.165) is 22.3 Å². The zero-order chi connectivity index (χ0) is 33.2. The van der Waals surface area contributed by atoms with Crippen molar-refractivity contribution in [3.63, 3.8) is 0 Å². The number of ether oxygens (including phenoxy) is 2. The maximum absolute atomic E-state index is 13.5. The minimum Gasteiger partial charge on any atom is -0.483 e. The second kappa shape index (κ2) is 15.9. The molecule has 0 radical (unpaired) electrons. The Labute approximate surface area is 275 Å². The second-order valence-corrected chi connectivity index (χ2v) is 11.9. The number of rotatable bonds is 14. The van der Waals surface area contributed by atoms with E-state index in [4.69, 9.17) is 9.47 Å². The summed E-state index contributed by atoms with van der Waals surface area (Å²) in [5, 5.41) is 17.7. The van der Waals surface area contributed by atoms with Gasteiger partial charge in [0.2, 0.25) is 0 Å². The Bertz CT molecular complexity index is 1610. The van der Waals surface area contributed by atoms with Crippen molar-refractivity contribution in [1.82, 2.24) is 10.6 Å².